The van der Waals surface area contributed by atoms with Crippen LogP contribution in [0.2, 0.25) is 0 Å². The van der Waals surface area contributed by atoms with Crippen LogP contribution >= 0.6 is 15.9 Å². The van der Waals surface area contributed by atoms with E-state index in [-0.39, 0.29) is 6.04 Å². The van der Waals surface area contributed by atoms with Crippen molar-refractivity contribution in [2.24, 2.45) is 0 Å². The second-order valence-corrected chi connectivity index (χ2v) is 4.89. The molecule has 1 aromatic carbocycles. The Morgan fingerprint density at radius 1 is 1.50 bits per heavy atom. The Kier molecular flexibility index (Phi) is 3.42. The molecule has 1 unspecified atom stereocenters. The summed E-state index contributed by atoms with van der Waals surface area (Å²) in [4.78, 5) is 2.14. The van der Waals surface area contributed by atoms with Gasteiger partial charge in [0.15, 0.2) is 0 Å². The van der Waals surface area contributed by atoms with Gasteiger partial charge in [-0.1, -0.05) is 34.1 Å². The van der Waals surface area contributed by atoms with Crippen LogP contribution < -0.4 is 0 Å². The van der Waals surface area contributed by atoms with Gasteiger partial charge in [-0.3, -0.25) is 4.90 Å². The maximum atomic E-state index is 9.13. The maximum absolute atomic E-state index is 9.13. The summed E-state index contributed by atoms with van der Waals surface area (Å²) in [7, 11) is 0. The summed E-state index contributed by atoms with van der Waals surface area (Å²) in [6, 6.07) is 10.6. The monoisotopic (exact) mass is 276 g/mol. The minimum atomic E-state index is -0.000763. The van der Waals surface area contributed by atoms with Crippen LogP contribution in [0, 0.1) is 11.3 Å². The molecule has 1 saturated heterocycles. The van der Waals surface area contributed by atoms with Gasteiger partial charge in [0, 0.05) is 23.5 Å². The molecule has 16 heavy (non-hydrogen) atoms. The first-order valence-electron chi connectivity index (χ1n) is 5.26. The molecule has 0 amide bonds. The largest absolute Gasteiger partial charge is 0.283 e. The Bertz CT molecular complexity index is 419. The molecular weight excluding hydrogens is 264 g/mol. The molecule has 1 fully saturated rings. The molecule has 0 radical (unpaired) electrons. The average molecular weight is 277 g/mol. The molecule has 0 aliphatic carbocycles. The van der Waals surface area contributed by atoms with Crippen LogP contribution in [0.15, 0.2) is 41.4 Å². The molecule has 1 aliphatic heterocycles. The summed E-state index contributed by atoms with van der Waals surface area (Å²) in [5, 5.41) is 9.13. The van der Waals surface area contributed by atoms with Crippen molar-refractivity contribution in [3.8, 4) is 6.07 Å². The SMILES string of the molecule is C=CCN1CC(c2ccc(Br)cc2)[C@@H]1C#N. The highest BCUT2D eigenvalue weighted by Crippen LogP contribution is 2.34. The lowest BCUT2D eigenvalue weighted by atomic mass is 9.83. The van der Waals surface area contributed by atoms with E-state index in [1.165, 1.54) is 5.56 Å². The Morgan fingerprint density at radius 3 is 2.75 bits per heavy atom. The van der Waals surface area contributed by atoms with Crippen LogP contribution in [-0.4, -0.2) is 24.0 Å². The summed E-state index contributed by atoms with van der Waals surface area (Å²) in [6.07, 6.45) is 1.85. The van der Waals surface area contributed by atoms with Gasteiger partial charge in [-0.2, -0.15) is 5.26 Å². The number of hydrogen-bond acceptors (Lipinski definition) is 2. The highest BCUT2D eigenvalue weighted by Gasteiger charge is 2.38. The molecule has 2 atom stereocenters. The van der Waals surface area contributed by atoms with Crippen molar-refractivity contribution in [2.75, 3.05) is 13.1 Å². The number of benzene rings is 1. The number of rotatable bonds is 3. The molecule has 1 aromatic rings. The van der Waals surface area contributed by atoms with Gasteiger partial charge in [0.05, 0.1) is 6.07 Å². The second-order valence-electron chi connectivity index (χ2n) is 3.97. The Labute approximate surface area is 104 Å². The summed E-state index contributed by atoms with van der Waals surface area (Å²) in [6.45, 7) is 5.45. The van der Waals surface area contributed by atoms with Gasteiger partial charge in [0.2, 0.25) is 0 Å². The van der Waals surface area contributed by atoms with E-state index in [9.17, 15) is 0 Å². The van der Waals surface area contributed by atoms with Crippen LogP contribution in [0.4, 0.5) is 0 Å². The summed E-state index contributed by atoms with van der Waals surface area (Å²) < 4.78 is 1.08. The first-order valence-corrected chi connectivity index (χ1v) is 6.05. The highest BCUT2D eigenvalue weighted by molar-refractivity contribution is 9.10. The van der Waals surface area contributed by atoms with Crippen molar-refractivity contribution < 1.29 is 0 Å². The van der Waals surface area contributed by atoms with E-state index in [0.717, 1.165) is 17.6 Å². The Balaban J connectivity index is 2.10. The third kappa shape index (κ3) is 2.04. The van der Waals surface area contributed by atoms with Gasteiger partial charge in [-0.25, -0.2) is 0 Å². The van der Waals surface area contributed by atoms with Crippen LogP contribution in [-0.2, 0) is 0 Å². The molecule has 82 valence electrons. The maximum Gasteiger partial charge on any atom is 0.106 e. The van der Waals surface area contributed by atoms with E-state index in [4.69, 9.17) is 5.26 Å². The predicted octanol–water partition coefficient (Wildman–Crippen LogP) is 2.93. The van der Waals surface area contributed by atoms with E-state index in [0.29, 0.717) is 5.92 Å². The summed E-state index contributed by atoms with van der Waals surface area (Å²) in [5.74, 6) is 0.345. The van der Waals surface area contributed by atoms with Gasteiger partial charge >= 0.3 is 0 Å². The highest BCUT2D eigenvalue weighted by atomic mass is 79.9. The Hall–Kier alpha value is -1.11. The number of nitriles is 1. The smallest absolute Gasteiger partial charge is 0.106 e. The third-order valence-electron chi connectivity index (χ3n) is 3.00. The van der Waals surface area contributed by atoms with Gasteiger partial charge in [-0.05, 0) is 17.7 Å². The molecule has 0 bridgehead atoms. The molecular formula is C13H13BrN2. The minimum absolute atomic E-state index is 0.000763. The predicted molar refractivity (Wildman–Crippen MR) is 68.1 cm³/mol. The molecule has 0 N–H and O–H groups in total. The van der Waals surface area contributed by atoms with Gasteiger partial charge < -0.3 is 0 Å². The van der Waals surface area contributed by atoms with E-state index < -0.39 is 0 Å². The van der Waals surface area contributed by atoms with Crippen molar-refractivity contribution in [1.29, 1.82) is 5.26 Å². The van der Waals surface area contributed by atoms with E-state index in [1.54, 1.807) is 0 Å². The van der Waals surface area contributed by atoms with Crippen molar-refractivity contribution in [3.63, 3.8) is 0 Å². The second kappa shape index (κ2) is 4.82. The van der Waals surface area contributed by atoms with Crippen LogP contribution in [0.3, 0.4) is 0 Å². The molecule has 3 heteroatoms. The lowest BCUT2D eigenvalue weighted by Crippen LogP contribution is -2.53. The van der Waals surface area contributed by atoms with Crippen molar-refractivity contribution in [3.05, 3.63) is 47.0 Å². The summed E-state index contributed by atoms with van der Waals surface area (Å²) in [5.41, 5.74) is 1.25. The fourth-order valence-corrected chi connectivity index (χ4v) is 2.37. The zero-order valence-electron chi connectivity index (χ0n) is 8.94. The van der Waals surface area contributed by atoms with Gasteiger partial charge in [0.1, 0.15) is 6.04 Å². The molecule has 2 nitrogen and oxygen atoms in total. The summed E-state index contributed by atoms with van der Waals surface area (Å²) >= 11 is 3.41. The lowest BCUT2D eigenvalue weighted by molar-refractivity contribution is 0.114. The molecule has 2 rings (SSSR count). The molecule has 0 spiro atoms. The molecule has 1 heterocycles. The minimum Gasteiger partial charge on any atom is -0.283 e. The quantitative estimate of drug-likeness (QED) is 0.794. The van der Waals surface area contributed by atoms with Crippen molar-refractivity contribution >= 4 is 15.9 Å². The van der Waals surface area contributed by atoms with E-state index in [1.807, 2.05) is 18.2 Å². The number of hydrogen-bond donors (Lipinski definition) is 0. The number of halogens is 1. The van der Waals surface area contributed by atoms with Crippen molar-refractivity contribution in [1.82, 2.24) is 4.90 Å². The topological polar surface area (TPSA) is 27.0 Å². The molecule has 1 aliphatic rings. The number of likely N-dealkylation sites (tertiary alicyclic amines) is 1. The van der Waals surface area contributed by atoms with E-state index in [2.05, 4.69) is 45.6 Å². The van der Waals surface area contributed by atoms with Crippen molar-refractivity contribution in [2.45, 2.75) is 12.0 Å². The first kappa shape index (κ1) is 11.4. The molecule has 0 saturated carbocycles. The van der Waals surface area contributed by atoms with Crippen LogP contribution in [0.1, 0.15) is 11.5 Å². The standard InChI is InChI=1S/C13H13BrN2/c1-2-7-16-9-12(13(16)8-15)10-3-5-11(14)6-4-10/h2-6,12-13H,1,7,9H2/t12?,13-/m0/s1. The Morgan fingerprint density at radius 2 is 2.19 bits per heavy atom. The van der Waals surface area contributed by atoms with Gasteiger partial charge in [-0.15, -0.1) is 6.58 Å². The van der Waals surface area contributed by atoms with E-state index >= 15 is 0 Å². The molecule has 0 aromatic heterocycles. The fourth-order valence-electron chi connectivity index (χ4n) is 2.11. The zero-order chi connectivity index (χ0) is 11.5. The normalized spacial score (nSPS) is 24.5. The number of nitrogens with zero attached hydrogens (tertiary/aromatic N) is 2. The average Bonchev–Trinajstić information content (AvgIpc) is 2.26. The van der Waals surface area contributed by atoms with Crippen LogP contribution in [0.5, 0.6) is 0 Å². The van der Waals surface area contributed by atoms with Crippen LogP contribution in [0.25, 0.3) is 0 Å². The fraction of sp³-hybridized carbons (Fsp3) is 0.308. The van der Waals surface area contributed by atoms with Gasteiger partial charge in [0.25, 0.3) is 0 Å². The third-order valence-corrected chi connectivity index (χ3v) is 3.53. The zero-order valence-corrected chi connectivity index (χ0v) is 10.5. The lowest BCUT2D eigenvalue weighted by Gasteiger charge is -2.44. The first-order chi connectivity index (χ1) is 7.76.